The highest BCUT2D eigenvalue weighted by Crippen LogP contribution is 2.23. The number of H-pyrrole nitrogens is 1. The van der Waals surface area contributed by atoms with E-state index in [1.165, 1.54) is 28.7 Å². The third-order valence-electron chi connectivity index (χ3n) is 4.13. The number of nitrogens with one attached hydrogen (secondary N) is 2. The van der Waals surface area contributed by atoms with Crippen LogP contribution in [0.1, 0.15) is 19.8 Å². The van der Waals surface area contributed by atoms with Gasteiger partial charge in [0.25, 0.3) is 5.56 Å². The van der Waals surface area contributed by atoms with Crippen LogP contribution in [-0.4, -0.2) is 46.9 Å². The SMILES string of the molecule is C[C@@H](Sc1nccc(=O)[nH]1)C(=O)Nc1ccc(S(=O)(=O)N2CCCC2)cc1. The van der Waals surface area contributed by atoms with Crippen LogP contribution in [0.15, 0.2) is 51.4 Å². The molecule has 27 heavy (non-hydrogen) atoms. The largest absolute Gasteiger partial charge is 0.325 e. The number of hydrogen-bond donors (Lipinski definition) is 2. The molecule has 1 saturated heterocycles. The Bertz CT molecular complexity index is 967. The highest BCUT2D eigenvalue weighted by atomic mass is 32.2. The number of aromatic amines is 1. The van der Waals surface area contributed by atoms with Crippen molar-refractivity contribution in [2.24, 2.45) is 0 Å². The number of nitrogens with zero attached hydrogens (tertiary/aromatic N) is 2. The van der Waals surface area contributed by atoms with Gasteiger partial charge in [0.05, 0.1) is 10.1 Å². The normalized spacial score (nSPS) is 16.2. The highest BCUT2D eigenvalue weighted by molar-refractivity contribution is 8.00. The third-order valence-corrected chi connectivity index (χ3v) is 7.04. The van der Waals surface area contributed by atoms with E-state index in [1.54, 1.807) is 19.1 Å². The predicted molar refractivity (Wildman–Crippen MR) is 103 cm³/mol. The minimum Gasteiger partial charge on any atom is -0.325 e. The third kappa shape index (κ3) is 4.76. The topological polar surface area (TPSA) is 112 Å². The molecule has 1 amide bonds. The molecule has 0 spiro atoms. The van der Waals surface area contributed by atoms with Crippen LogP contribution < -0.4 is 10.9 Å². The zero-order chi connectivity index (χ0) is 19.4. The van der Waals surface area contributed by atoms with Crippen molar-refractivity contribution in [2.45, 2.75) is 35.1 Å². The van der Waals surface area contributed by atoms with E-state index in [2.05, 4.69) is 15.3 Å². The van der Waals surface area contributed by atoms with Crippen molar-refractivity contribution in [1.82, 2.24) is 14.3 Å². The van der Waals surface area contributed by atoms with Gasteiger partial charge in [-0.15, -0.1) is 0 Å². The number of carbonyl (C=O) groups excluding carboxylic acids is 1. The molecule has 8 nitrogen and oxygen atoms in total. The molecule has 0 radical (unpaired) electrons. The van der Waals surface area contributed by atoms with Crippen LogP contribution in [0.5, 0.6) is 0 Å². The number of amides is 1. The zero-order valence-corrected chi connectivity index (χ0v) is 16.3. The molecule has 0 bridgehead atoms. The molecular weight excluding hydrogens is 388 g/mol. The van der Waals surface area contributed by atoms with Crippen LogP contribution in [-0.2, 0) is 14.8 Å². The Morgan fingerprint density at radius 2 is 1.89 bits per heavy atom. The minimum absolute atomic E-state index is 0.218. The Labute approximate surface area is 161 Å². The molecular formula is C17H20N4O4S2. The summed E-state index contributed by atoms with van der Waals surface area (Å²) in [4.78, 5) is 30.4. The van der Waals surface area contributed by atoms with Crippen LogP contribution in [0, 0.1) is 0 Å². The summed E-state index contributed by atoms with van der Waals surface area (Å²) in [6.45, 7) is 2.79. The maximum atomic E-state index is 12.5. The standard InChI is InChI=1S/C17H20N4O4S2/c1-12(26-17-18-9-8-15(22)20-17)16(23)19-13-4-6-14(7-5-13)27(24,25)21-10-2-3-11-21/h4-9,12H,2-3,10-11H2,1H3,(H,19,23)(H,18,20,22)/t12-/m1/s1. The summed E-state index contributed by atoms with van der Waals surface area (Å²) in [6, 6.07) is 7.43. The number of hydrogen-bond acceptors (Lipinski definition) is 6. The first kappa shape index (κ1) is 19.6. The number of sulfonamides is 1. The van der Waals surface area contributed by atoms with Crippen molar-refractivity contribution in [3.63, 3.8) is 0 Å². The van der Waals surface area contributed by atoms with Gasteiger partial charge in [0.15, 0.2) is 5.16 Å². The number of carbonyl (C=O) groups is 1. The van der Waals surface area contributed by atoms with Gasteiger partial charge in [-0.3, -0.25) is 9.59 Å². The van der Waals surface area contributed by atoms with E-state index < -0.39 is 15.3 Å². The van der Waals surface area contributed by atoms with Crippen LogP contribution in [0.3, 0.4) is 0 Å². The number of aromatic nitrogens is 2. The second-order valence-electron chi connectivity index (χ2n) is 6.12. The lowest BCUT2D eigenvalue weighted by Gasteiger charge is -2.16. The molecule has 1 aromatic carbocycles. The summed E-state index contributed by atoms with van der Waals surface area (Å²) in [5.41, 5.74) is 0.220. The fraction of sp³-hybridized carbons (Fsp3) is 0.353. The van der Waals surface area contributed by atoms with E-state index in [1.807, 2.05) is 0 Å². The van der Waals surface area contributed by atoms with E-state index in [4.69, 9.17) is 0 Å². The van der Waals surface area contributed by atoms with Crippen molar-refractivity contribution in [2.75, 3.05) is 18.4 Å². The number of benzene rings is 1. The predicted octanol–water partition coefficient (Wildman–Crippen LogP) is 1.67. The van der Waals surface area contributed by atoms with Crippen molar-refractivity contribution in [1.29, 1.82) is 0 Å². The van der Waals surface area contributed by atoms with E-state index in [-0.39, 0.29) is 16.4 Å². The zero-order valence-electron chi connectivity index (χ0n) is 14.7. The van der Waals surface area contributed by atoms with Gasteiger partial charge in [-0.05, 0) is 44.0 Å². The van der Waals surface area contributed by atoms with E-state index in [0.29, 0.717) is 23.9 Å². The molecule has 1 aliphatic heterocycles. The summed E-state index contributed by atoms with van der Waals surface area (Å²) in [6.07, 6.45) is 3.14. The lowest BCUT2D eigenvalue weighted by Crippen LogP contribution is -2.27. The van der Waals surface area contributed by atoms with Gasteiger partial charge in [-0.1, -0.05) is 11.8 Å². The van der Waals surface area contributed by atoms with Gasteiger partial charge in [0.1, 0.15) is 0 Å². The van der Waals surface area contributed by atoms with Gasteiger partial charge in [0.2, 0.25) is 15.9 Å². The van der Waals surface area contributed by atoms with Crippen LogP contribution >= 0.6 is 11.8 Å². The van der Waals surface area contributed by atoms with Crippen LogP contribution in [0.25, 0.3) is 0 Å². The van der Waals surface area contributed by atoms with E-state index in [9.17, 15) is 18.0 Å². The molecule has 2 heterocycles. The molecule has 1 atom stereocenters. The first-order valence-corrected chi connectivity index (χ1v) is 10.8. The minimum atomic E-state index is -3.47. The molecule has 144 valence electrons. The second kappa shape index (κ2) is 8.24. The highest BCUT2D eigenvalue weighted by Gasteiger charge is 2.27. The molecule has 0 unspecified atom stereocenters. The molecule has 1 aliphatic rings. The van der Waals surface area contributed by atoms with Crippen molar-refractivity contribution in [3.05, 3.63) is 46.9 Å². The Morgan fingerprint density at radius 3 is 2.52 bits per heavy atom. The lowest BCUT2D eigenvalue weighted by atomic mass is 10.3. The summed E-state index contributed by atoms with van der Waals surface area (Å²) in [7, 11) is -3.47. The molecule has 1 fully saturated rings. The van der Waals surface area contributed by atoms with E-state index >= 15 is 0 Å². The van der Waals surface area contributed by atoms with E-state index in [0.717, 1.165) is 24.6 Å². The van der Waals surface area contributed by atoms with Crippen LogP contribution in [0.4, 0.5) is 5.69 Å². The summed E-state index contributed by atoms with van der Waals surface area (Å²) >= 11 is 1.13. The molecule has 0 aliphatic carbocycles. The Hall–Kier alpha value is -2.17. The Balaban J connectivity index is 1.63. The summed E-state index contributed by atoms with van der Waals surface area (Å²) in [5, 5.41) is 2.60. The second-order valence-corrected chi connectivity index (χ2v) is 9.39. The number of thioether (sulfide) groups is 1. The molecule has 0 saturated carbocycles. The Kier molecular flexibility index (Phi) is 5.98. The molecule has 2 aromatic rings. The molecule has 2 N–H and O–H groups in total. The fourth-order valence-electron chi connectivity index (χ4n) is 2.66. The monoisotopic (exact) mass is 408 g/mol. The maximum Gasteiger partial charge on any atom is 0.251 e. The average Bonchev–Trinajstić information content (AvgIpc) is 3.17. The maximum absolute atomic E-state index is 12.5. The van der Waals surface area contributed by atoms with Gasteiger partial charge < -0.3 is 10.3 Å². The van der Waals surface area contributed by atoms with Gasteiger partial charge in [-0.25, -0.2) is 13.4 Å². The average molecular weight is 409 g/mol. The number of rotatable bonds is 6. The van der Waals surface area contributed by atoms with Gasteiger partial charge >= 0.3 is 0 Å². The van der Waals surface area contributed by atoms with Gasteiger partial charge in [0, 0.05) is 31.0 Å². The Morgan fingerprint density at radius 1 is 1.22 bits per heavy atom. The molecule has 1 aromatic heterocycles. The van der Waals surface area contributed by atoms with Gasteiger partial charge in [-0.2, -0.15) is 4.31 Å². The first-order chi connectivity index (χ1) is 12.9. The summed E-state index contributed by atoms with van der Waals surface area (Å²) in [5.74, 6) is -0.276. The molecule has 3 rings (SSSR count). The number of anilines is 1. The van der Waals surface area contributed by atoms with Crippen molar-refractivity contribution < 1.29 is 13.2 Å². The summed E-state index contributed by atoms with van der Waals surface area (Å²) < 4.78 is 26.5. The fourth-order valence-corrected chi connectivity index (χ4v) is 4.96. The first-order valence-electron chi connectivity index (χ1n) is 8.49. The van der Waals surface area contributed by atoms with Crippen LogP contribution in [0.2, 0.25) is 0 Å². The lowest BCUT2D eigenvalue weighted by molar-refractivity contribution is -0.115. The smallest absolute Gasteiger partial charge is 0.251 e. The van der Waals surface area contributed by atoms with Crippen molar-refractivity contribution in [3.8, 4) is 0 Å². The quantitative estimate of drug-likeness (QED) is 0.555. The molecule has 10 heteroatoms. The van der Waals surface area contributed by atoms with Crippen molar-refractivity contribution >= 4 is 33.4 Å².